The first-order chi connectivity index (χ1) is 15.4. The van der Waals surface area contributed by atoms with Gasteiger partial charge in [-0.2, -0.15) is 0 Å². The van der Waals surface area contributed by atoms with E-state index in [1.54, 1.807) is 0 Å². The van der Waals surface area contributed by atoms with E-state index >= 15 is 0 Å². The molecule has 0 N–H and O–H groups in total. The van der Waals surface area contributed by atoms with E-state index in [1.807, 2.05) is 74.5 Å². The summed E-state index contributed by atoms with van der Waals surface area (Å²) in [5.41, 5.74) is 4.61. The van der Waals surface area contributed by atoms with Gasteiger partial charge in [-0.25, -0.2) is 0 Å². The lowest BCUT2D eigenvalue weighted by molar-refractivity contribution is 0.103. The van der Waals surface area contributed by atoms with Gasteiger partial charge in [0, 0.05) is 25.3 Å². The van der Waals surface area contributed by atoms with Crippen LogP contribution < -0.4 is 0 Å². The summed E-state index contributed by atoms with van der Waals surface area (Å²) >= 11 is 0. The normalized spacial score (nSPS) is 12.8. The molecule has 0 heterocycles. The third-order valence-corrected chi connectivity index (χ3v) is 6.82. The average molecular weight is 457 g/mol. The predicted molar refractivity (Wildman–Crippen MR) is 129 cm³/mol. The zero-order valence-corrected chi connectivity index (χ0v) is 20.3. The first-order valence-corrected chi connectivity index (χ1v) is 12.4. The van der Waals surface area contributed by atoms with E-state index in [1.165, 1.54) is 14.2 Å². The van der Waals surface area contributed by atoms with Crippen molar-refractivity contribution in [1.82, 2.24) is 0 Å². The summed E-state index contributed by atoms with van der Waals surface area (Å²) in [5, 5.41) is 0. The van der Waals surface area contributed by atoms with E-state index in [0.717, 1.165) is 29.6 Å². The first kappa shape index (κ1) is 26.0. The van der Waals surface area contributed by atoms with Gasteiger partial charge >= 0.3 is 7.60 Å². The van der Waals surface area contributed by atoms with Crippen LogP contribution >= 0.6 is 7.60 Å². The summed E-state index contributed by atoms with van der Waals surface area (Å²) in [5.74, 6) is 0.0132. The van der Waals surface area contributed by atoms with E-state index in [0.29, 0.717) is 24.3 Å². The third-order valence-electron chi connectivity index (χ3n) is 5.07. The largest absolute Gasteiger partial charge is 0.372 e. The fourth-order valence-corrected chi connectivity index (χ4v) is 4.07. The molecule has 0 unspecified atom stereocenters. The van der Waals surface area contributed by atoms with Crippen LogP contribution in [0, 0.1) is 0 Å². The number of hydrogen-bond acceptors (Lipinski definition) is 5. The van der Waals surface area contributed by atoms with Gasteiger partial charge in [0.15, 0.2) is 5.78 Å². The molecule has 0 radical (unpaired) electrons. The number of carbonyl (C=O) groups excluding carboxylic acids is 1. The van der Waals surface area contributed by atoms with Gasteiger partial charge in [-0.1, -0.05) is 71.8 Å². The molecule has 2 rings (SSSR count). The molecule has 0 amide bonds. The molecule has 2 aromatic carbocycles. The highest BCUT2D eigenvalue weighted by molar-refractivity contribution is 7.54. The quantitative estimate of drug-likeness (QED) is 0.193. The molecule has 0 bridgehead atoms. The van der Waals surface area contributed by atoms with Gasteiger partial charge in [0.1, 0.15) is 0 Å². The highest BCUT2D eigenvalue weighted by Gasteiger charge is 2.18. The van der Waals surface area contributed by atoms with Gasteiger partial charge in [0.2, 0.25) is 0 Å². The molecule has 0 saturated heterocycles. The molecule has 0 aromatic heterocycles. The maximum absolute atomic E-state index is 12.6. The smallest absolute Gasteiger partial charge is 0.333 e. The predicted octanol–water partition coefficient (Wildman–Crippen LogP) is 6.59. The van der Waals surface area contributed by atoms with Crippen LogP contribution in [0.15, 0.2) is 77.9 Å². The van der Waals surface area contributed by atoms with Crippen molar-refractivity contribution >= 4 is 13.4 Å². The minimum atomic E-state index is -2.99. The van der Waals surface area contributed by atoms with E-state index in [4.69, 9.17) is 13.8 Å². The van der Waals surface area contributed by atoms with Crippen molar-refractivity contribution in [2.75, 3.05) is 27.0 Å². The number of allylic oxidation sites excluding steroid dienone is 3. The number of rotatable bonds is 13. The molecule has 0 fully saturated rings. The monoisotopic (exact) mass is 456 g/mol. The van der Waals surface area contributed by atoms with Crippen LogP contribution in [0.5, 0.6) is 0 Å². The summed E-state index contributed by atoms with van der Waals surface area (Å²) < 4.78 is 27.8. The summed E-state index contributed by atoms with van der Waals surface area (Å²) in [6.45, 7) is 5.03. The zero-order valence-electron chi connectivity index (χ0n) is 19.4. The second-order valence-electron chi connectivity index (χ2n) is 7.69. The molecule has 0 aliphatic carbocycles. The SMILES string of the molecule is COP(=O)(C/C=C(\C)CC/C=C(\C)COCc1cccc(C(=O)c2ccccc2)c1)OC. The molecule has 172 valence electrons. The molecule has 6 heteroatoms. The number of ketones is 1. The topological polar surface area (TPSA) is 61.8 Å². The molecule has 0 aliphatic heterocycles. The Morgan fingerprint density at radius 1 is 0.906 bits per heavy atom. The number of carbonyl (C=O) groups is 1. The Balaban J connectivity index is 1.79. The summed E-state index contributed by atoms with van der Waals surface area (Å²) in [4.78, 5) is 12.6. The maximum Gasteiger partial charge on any atom is 0.333 e. The van der Waals surface area contributed by atoms with Crippen LogP contribution in [-0.4, -0.2) is 32.8 Å². The van der Waals surface area contributed by atoms with E-state index < -0.39 is 7.60 Å². The summed E-state index contributed by atoms with van der Waals surface area (Å²) in [7, 11) is -0.191. The van der Waals surface area contributed by atoms with Crippen LogP contribution in [0.2, 0.25) is 0 Å². The molecule has 5 nitrogen and oxygen atoms in total. The van der Waals surface area contributed by atoms with Crippen LogP contribution in [0.25, 0.3) is 0 Å². The molecule has 0 aliphatic rings. The van der Waals surface area contributed by atoms with Crippen molar-refractivity contribution in [2.45, 2.75) is 33.3 Å². The lowest BCUT2D eigenvalue weighted by Gasteiger charge is -2.11. The maximum atomic E-state index is 12.6. The lowest BCUT2D eigenvalue weighted by atomic mass is 10.0. The van der Waals surface area contributed by atoms with Crippen molar-refractivity contribution < 1.29 is 23.1 Å². The highest BCUT2D eigenvalue weighted by Crippen LogP contribution is 2.46. The zero-order chi connectivity index (χ0) is 23.4. The Hall–Kier alpha value is -2.30. The first-order valence-electron chi connectivity index (χ1n) is 10.6. The van der Waals surface area contributed by atoms with Gasteiger partial charge in [-0.3, -0.25) is 9.36 Å². The number of hydrogen-bond donors (Lipinski definition) is 0. The van der Waals surface area contributed by atoms with E-state index in [-0.39, 0.29) is 11.9 Å². The Morgan fingerprint density at radius 2 is 1.59 bits per heavy atom. The van der Waals surface area contributed by atoms with Crippen molar-refractivity contribution in [1.29, 1.82) is 0 Å². The molecular weight excluding hydrogens is 423 g/mol. The summed E-state index contributed by atoms with van der Waals surface area (Å²) in [6, 6.07) is 16.9. The molecular formula is C26H33O5P. The molecule has 0 spiro atoms. The lowest BCUT2D eigenvalue weighted by Crippen LogP contribution is -2.03. The minimum Gasteiger partial charge on any atom is -0.372 e. The summed E-state index contributed by atoms with van der Waals surface area (Å²) in [6.07, 6.45) is 6.09. The fraction of sp³-hybridized carbons (Fsp3) is 0.346. The Morgan fingerprint density at radius 3 is 2.28 bits per heavy atom. The molecule has 0 atom stereocenters. The average Bonchev–Trinajstić information content (AvgIpc) is 2.83. The van der Waals surface area contributed by atoms with Crippen LogP contribution in [0.1, 0.15) is 48.2 Å². The Bertz CT molecular complexity index is 971. The number of benzene rings is 2. The minimum absolute atomic E-state index is 0.0132. The van der Waals surface area contributed by atoms with Crippen LogP contribution in [0.4, 0.5) is 0 Å². The van der Waals surface area contributed by atoms with E-state index in [9.17, 15) is 9.36 Å². The Labute approximate surface area is 191 Å². The standard InChI is InChI=1S/C26H33O5P/c1-21(16-17-32(28,29-3)30-4)10-8-11-22(2)19-31-20-23-12-9-15-25(18-23)26(27)24-13-6-5-7-14-24/h5-7,9,11-16,18H,8,10,17,19-20H2,1-4H3/b21-16+,22-11+. The third kappa shape index (κ3) is 8.68. The molecule has 2 aromatic rings. The van der Waals surface area contributed by atoms with Crippen LogP contribution in [-0.2, 0) is 25.0 Å². The van der Waals surface area contributed by atoms with E-state index in [2.05, 4.69) is 6.08 Å². The van der Waals surface area contributed by atoms with Crippen LogP contribution in [0.3, 0.4) is 0 Å². The second-order valence-corrected chi connectivity index (χ2v) is 10.0. The highest BCUT2D eigenvalue weighted by atomic mass is 31.2. The van der Waals surface area contributed by atoms with Gasteiger partial charge in [0.25, 0.3) is 0 Å². The second kappa shape index (κ2) is 13.3. The Kier molecular flexibility index (Phi) is 10.8. The van der Waals surface area contributed by atoms with Gasteiger partial charge in [0.05, 0.1) is 19.4 Å². The van der Waals surface area contributed by atoms with Gasteiger partial charge in [-0.05, 0) is 38.3 Å². The van der Waals surface area contributed by atoms with Crippen molar-refractivity contribution in [3.8, 4) is 0 Å². The number of ether oxygens (including phenoxy) is 1. The molecule has 0 saturated carbocycles. The van der Waals surface area contributed by atoms with Gasteiger partial charge in [-0.15, -0.1) is 0 Å². The van der Waals surface area contributed by atoms with Crippen molar-refractivity contribution in [2.24, 2.45) is 0 Å². The van der Waals surface area contributed by atoms with Crippen molar-refractivity contribution in [3.63, 3.8) is 0 Å². The van der Waals surface area contributed by atoms with Crippen molar-refractivity contribution in [3.05, 3.63) is 94.6 Å². The fourth-order valence-electron chi connectivity index (χ4n) is 3.09. The molecule has 32 heavy (non-hydrogen) atoms. The van der Waals surface area contributed by atoms with Gasteiger partial charge < -0.3 is 13.8 Å².